The molecule has 0 aliphatic carbocycles. The van der Waals surface area contributed by atoms with Crippen LogP contribution in [-0.4, -0.2) is 46.7 Å². The summed E-state index contributed by atoms with van der Waals surface area (Å²) in [6.07, 6.45) is -0.203. The van der Waals surface area contributed by atoms with Gasteiger partial charge in [-0.3, -0.25) is 4.90 Å². The van der Waals surface area contributed by atoms with Gasteiger partial charge in [0.15, 0.2) is 0 Å². The van der Waals surface area contributed by atoms with Gasteiger partial charge in [0, 0.05) is 31.7 Å². The van der Waals surface area contributed by atoms with Crippen LogP contribution < -0.4 is 0 Å². The van der Waals surface area contributed by atoms with Crippen LogP contribution in [0.15, 0.2) is 30.3 Å². The van der Waals surface area contributed by atoms with Gasteiger partial charge in [0.05, 0.1) is 0 Å². The minimum atomic E-state index is -0.443. The van der Waals surface area contributed by atoms with Gasteiger partial charge < -0.3 is 9.64 Å². The molecule has 2 rings (SSSR count). The second-order valence-corrected chi connectivity index (χ2v) is 7.25. The van der Waals surface area contributed by atoms with Crippen molar-refractivity contribution in [3.8, 4) is 0 Å². The van der Waals surface area contributed by atoms with Gasteiger partial charge in [-0.15, -0.1) is 0 Å². The van der Waals surface area contributed by atoms with Crippen LogP contribution in [0.5, 0.6) is 0 Å². The van der Waals surface area contributed by atoms with Gasteiger partial charge in [-0.05, 0) is 40.2 Å². The van der Waals surface area contributed by atoms with Crippen molar-refractivity contribution in [2.24, 2.45) is 0 Å². The summed E-state index contributed by atoms with van der Waals surface area (Å²) in [5.74, 6) is 0. The van der Waals surface area contributed by atoms with Crippen LogP contribution in [0, 0.1) is 0 Å². The van der Waals surface area contributed by atoms with E-state index < -0.39 is 5.60 Å². The minimum absolute atomic E-state index is 0.162. The van der Waals surface area contributed by atoms with Crippen molar-refractivity contribution in [2.75, 3.05) is 13.1 Å². The molecule has 4 heteroatoms. The molecule has 0 bridgehead atoms. The van der Waals surface area contributed by atoms with Crippen LogP contribution in [0.1, 0.15) is 40.2 Å². The van der Waals surface area contributed by atoms with Crippen molar-refractivity contribution in [3.05, 3.63) is 35.9 Å². The number of hydrogen-bond acceptors (Lipinski definition) is 3. The van der Waals surface area contributed by atoms with Gasteiger partial charge in [-0.2, -0.15) is 0 Å². The molecule has 2 atom stereocenters. The number of rotatable bonds is 2. The zero-order chi connectivity index (χ0) is 16.3. The number of carbonyl (C=O) groups excluding carboxylic acids is 1. The fraction of sp³-hybridized carbons (Fsp3) is 0.611. The van der Waals surface area contributed by atoms with Gasteiger partial charge in [-0.1, -0.05) is 30.3 Å². The fourth-order valence-electron chi connectivity index (χ4n) is 2.81. The Morgan fingerprint density at radius 1 is 1.14 bits per heavy atom. The maximum Gasteiger partial charge on any atom is 0.410 e. The molecule has 1 aliphatic heterocycles. The van der Waals surface area contributed by atoms with Gasteiger partial charge in [-0.25, -0.2) is 4.79 Å². The monoisotopic (exact) mass is 304 g/mol. The highest BCUT2D eigenvalue weighted by molar-refractivity contribution is 5.68. The van der Waals surface area contributed by atoms with E-state index in [1.165, 1.54) is 5.56 Å². The van der Waals surface area contributed by atoms with Crippen molar-refractivity contribution >= 4 is 6.09 Å². The third-order valence-electron chi connectivity index (χ3n) is 3.97. The molecule has 4 nitrogen and oxygen atoms in total. The molecule has 1 amide bonds. The molecule has 22 heavy (non-hydrogen) atoms. The zero-order valence-corrected chi connectivity index (χ0v) is 14.4. The van der Waals surface area contributed by atoms with Crippen LogP contribution in [0.25, 0.3) is 0 Å². The third kappa shape index (κ3) is 4.47. The van der Waals surface area contributed by atoms with E-state index in [0.717, 1.165) is 13.1 Å². The number of amides is 1. The molecule has 0 radical (unpaired) electrons. The maximum absolute atomic E-state index is 12.3. The van der Waals surface area contributed by atoms with Crippen LogP contribution in [0.3, 0.4) is 0 Å². The SMILES string of the molecule is C[C@@H]1CN(Cc2ccccc2)[C@@H](C)CN1C(=O)OC(C)(C)C. The van der Waals surface area contributed by atoms with E-state index in [-0.39, 0.29) is 12.1 Å². The molecule has 1 aromatic carbocycles. The van der Waals surface area contributed by atoms with Crippen LogP contribution >= 0.6 is 0 Å². The minimum Gasteiger partial charge on any atom is -0.444 e. The highest BCUT2D eigenvalue weighted by Gasteiger charge is 2.34. The first-order chi connectivity index (χ1) is 10.3. The molecule has 122 valence electrons. The summed E-state index contributed by atoms with van der Waals surface area (Å²) in [6, 6.07) is 11.0. The fourth-order valence-corrected chi connectivity index (χ4v) is 2.81. The first-order valence-electron chi connectivity index (χ1n) is 8.04. The van der Waals surface area contributed by atoms with Crippen molar-refractivity contribution < 1.29 is 9.53 Å². The zero-order valence-electron chi connectivity index (χ0n) is 14.4. The number of piperazine rings is 1. The standard InChI is InChI=1S/C18H28N2O2/c1-14-12-20(17(21)22-18(3,4)5)15(2)11-19(14)13-16-9-7-6-8-10-16/h6-10,14-15H,11-13H2,1-5H3/t14-,15+/m0/s1. The topological polar surface area (TPSA) is 32.8 Å². The Labute approximate surface area is 134 Å². The predicted octanol–water partition coefficient (Wildman–Crippen LogP) is 3.52. The van der Waals surface area contributed by atoms with Crippen molar-refractivity contribution in [1.82, 2.24) is 9.80 Å². The third-order valence-corrected chi connectivity index (χ3v) is 3.97. The van der Waals surface area contributed by atoms with Crippen LogP contribution in [0.2, 0.25) is 0 Å². The molecular formula is C18H28N2O2. The molecule has 0 spiro atoms. The second-order valence-electron chi connectivity index (χ2n) is 7.25. The van der Waals surface area contributed by atoms with Gasteiger partial charge >= 0.3 is 6.09 Å². The summed E-state index contributed by atoms with van der Waals surface area (Å²) in [5, 5.41) is 0. The van der Waals surface area contributed by atoms with Crippen LogP contribution in [-0.2, 0) is 11.3 Å². The Balaban J connectivity index is 1.98. The molecule has 1 aromatic rings. The number of nitrogens with zero attached hydrogens (tertiary/aromatic N) is 2. The largest absolute Gasteiger partial charge is 0.444 e. The number of hydrogen-bond donors (Lipinski definition) is 0. The lowest BCUT2D eigenvalue weighted by Gasteiger charge is -2.44. The van der Waals surface area contributed by atoms with E-state index in [0.29, 0.717) is 12.6 Å². The Morgan fingerprint density at radius 2 is 1.77 bits per heavy atom. The van der Waals surface area contributed by atoms with E-state index in [4.69, 9.17) is 4.74 Å². The summed E-state index contributed by atoms with van der Waals surface area (Å²) in [6.45, 7) is 12.5. The van der Waals surface area contributed by atoms with E-state index in [1.807, 2.05) is 31.7 Å². The van der Waals surface area contributed by atoms with Crippen LogP contribution in [0.4, 0.5) is 4.79 Å². The molecule has 0 aromatic heterocycles. The highest BCUT2D eigenvalue weighted by Crippen LogP contribution is 2.20. The van der Waals surface area contributed by atoms with Gasteiger partial charge in [0.2, 0.25) is 0 Å². The average Bonchev–Trinajstić information content (AvgIpc) is 2.41. The molecule has 1 heterocycles. The van der Waals surface area contributed by atoms with Gasteiger partial charge in [0.25, 0.3) is 0 Å². The summed E-state index contributed by atoms with van der Waals surface area (Å²) in [4.78, 5) is 16.6. The van der Waals surface area contributed by atoms with Crippen molar-refractivity contribution in [2.45, 2.75) is 58.8 Å². The number of benzene rings is 1. The number of ether oxygens (including phenoxy) is 1. The molecule has 1 fully saturated rings. The maximum atomic E-state index is 12.3. The van der Waals surface area contributed by atoms with Crippen molar-refractivity contribution in [3.63, 3.8) is 0 Å². The molecule has 0 N–H and O–H groups in total. The first-order valence-corrected chi connectivity index (χ1v) is 8.04. The second kappa shape index (κ2) is 6.69. The highest BCUT2D eigenvalue weighted by atomic mass is 16.6. The summed E-state index contributed by atoms with van der Waals surface area (Å²) < 4.78 is 5.52. The van der Waals surface area contributed by atoms with Gasteiger partial charge in [0.1, 0.15) is 5.60 Å². The lowest BCUT2D eigenvalue weighted by atomic mass is 10.1. The molecule has 0 unspecified atom stereocenters. The number of carbonyl (C=O) groups is 1. The lowest BCUT2D eigenvalue weighted by Crippen LogP contribution is -2.58. The quantitative estimate of drug-likeness (QED) is 0.838. The van der Waals surface area contributed by atoms with E-state index in [1.54, 1.807) is 0 Å². The summed E-state index contributed by atoms with van der Waals surface area (Å²) in [5.41, 5.74) is 0.869. The Kier molecular flexibility index (Phi) is 5.12. The Morgan fingerprint density at radius 3 is 2.36 bits per heavy atom. The Bertz CT molecular complexity index is 496. The predicted molar refractivity (Wildman–Crippen MR) is 88.7 cm³/mol. The summed E-state index contributed by atoms with van der Waals surface area (Å²) in [7, 11) is 0. The summed E-state index contributed by atoms with van der Waals surface area (Å²) >= 11 is 0. The average molecular weight is 304 g/mol. The van der Waals surface area contributed by atoms with Crippen molar-refractivity contribution in [1.29, 1.82) is 0 Å². The Hall–Kier alpha value is -1.55. The molecule has 1 aliphatic rings. The van der Waals surface area contributed by atoms with E-state index >= 15 is 0 Å². The first kappa shape index (κ1) is 16.8. The normalized spacial score (nSPS) is 23.4. The molecule has 0 saturated carbocycles. The van der Waals surface area contributed by atoms with E-state index in [2.05, 4.69) is 43.0 Å². The van der Waals surface area contributed by atoms with E-state index in [9.17, 15) is 4.79 Å². The molecular weight excluding hydrogens is 276 g/mol. The lowest BCUT2D eigenvalue weighted by molar-refractivity contribution is -0.0117. The molecule has 1 saturated heterocycles. The smallest absolute Gasteiger partial charge is 0.410 e.